The number of halogens is 2. The summed E-state index contributed by atoms with van der Waals surface area (Å²) in [5, 5.41) is 6.45. The predicted molar refractivity (Wildman–Crippen MR) is 126 cm³/mol. The lowest BCUT2D eigenvalue weighted by Gasteiger charge is -2.07. The molecule has 1 amide bonds. The van der Waals surface area contributed by atoms with Crippen LogP contribution in [0.4, 0.5) is 5.69 Å². The van der Waals surface area contributed by atoms with Gasteiger partial charge < -0.3 is 9.88 Å². The molecule has 148 valence electrons. The second kappa shape index (κ2) is 8.70. The van der Waals surface area contributed by atoms with Crippen LogP contribution in [-0.4, -0.2) is 16.2 Å². The van der Waals surface area contributed by atoms with Crippen molar-refractivity contribution in [2.24, 2.45) is 0 Å². The van der Waals surface area contributed by atoms with Gasteiger partial charge in [-0.3, -0.25) is 4.79 Å². The lowest BCUT2D eigenvalue weighted by molar-refractivity contribution is -0.113. The fourth-order valence-corrected chi connectivity index (χ4v) is 4.66. The highest BCUT2D eigenvalue weighted by Crippen LogP contribution is 2.31. The Labute approximate surface area is 184 Å². The topological polar surface area (TPSA) is 34.0 Å². The van der Waals surface area contributed by atoms with Crippen molar-refractivity contribution >= 4 is 68.4 Å². The highest BCUT2D eigenvalue weighted by Gasteiger charge is 2.11. The quantitative estimate of drug-likeness (QED) is 0.348. The van der Waals surface area contributed by atoms with Gasteiger partial charge in [0.2, 0.25) is 5.91 Å². The maximum Gasteiger partial charge on any atom is 0.234 e. The largest absolute Gasteiger partial charge is 0.341 e. The summed E-state index contributed by atoms with van der Waals surface area (Å²) < 4.78 is 2.30. The lowest BCUT2D eigenvalue weighted by Crippen LogP contribution is -2.14. The van der Waals surface area contributed by atoms with Crippen LogP contribution in [0.15, 0.2) is 60.7 Å². The average molecular weight is 443 g/mol. The van der Waals surface area contributed by atoms with E-state index in [0.29, 0.717) is 21.6 Å². The van der Waals surface area contributed by atoms with Crippen LogP contribution in [0.5, 0.6) is 0 Å². The standard InChI is InChI=1S/C23H20Cl2N2OS/c1-2-27-21-6-4-3-5-17(21)18-12-16(8-10-22(18)27)26-23(28)14-29-13-15-7-9-19(24)20(25)11-15/h3-12H,2,13-14H2,1H3,(H,26,28). The summed E-state index contributed by atoms with van der Waals surface area (Å²) in [4.78, 5) is 12.4. The highest BCUT2D eigenvalue weighted by molar-refractivity contribution is 7.99. The number of benzene rings is 3. The summed E-state index contributed by atoms with van der Waals surface area (Å²) in [5.74, 6) is 1.05. The third-order valence-electron chi connectivity index (χ3n) is 4.86. The first-order chi connectivity index (χ1) is 14.1. The first-order valence-corrected chi connectivity index (χ1v) is 11.3. The van der Waals surface area contributed by atoms with Crippen molar-refractivity contribution in [2.45, 2.75) is 19.2 Å². The molecule has 29 heavy (non-hydrogen) atoms. The van der Waals surface area contributed by atoms with E-state index in [1.54, 1.807) is 17.8 Å². The number of fused-ring (bicyclic) bond motifs is 3. The number of carbonyl (C=O) groups excluding carboxylic acids is 1. The van der Waals surface area contributed by atoms with Crippen LogP contribution in [0.1, 0.15) is 12.5 Å². The number of anilines is 1. The molecular weight excluding hydrogens is 423 g/mol. The number of hydrogen-bond donors (Lipinski definition) is 1. The van der Waals surface area contributed by atoms with Gasteiger partial charge in [-0.25, -0.2) is 0 Å². The second-order valence-corrected chi connectivity index (χ2v) is 8.58. The molecule has 3 nitrogen and oxygen atoms in total. The van der Waals surface area contributed by atoms with Gasteiger partial charge >= 0.3 is 0 Å². The summed E-state index contributed by atoms with van der Waals surface area (Å²) >= 11 is 13.5. The molecule has 1 heterocycles. The lowest BCUT2D eigenvalue weighted by atomic mass is 10.1. The number of nitrogens with one attached hydrogen (secondary N) is 1. The maximum atomic E-state index is 12.4. The Bertz CT molecular complexity index is 1200. The van der Waals surface area contributed by atoms with Crippen molar-refractivity contribution in [1.29, 1.82) is 0 Å². The number of amides is 1. The molecule has 4 rings (SSSR count). The number of hydrogen-bond acceptors (Lipinski definition) is 2. The molecule has 0 saturated carbocycles. The normalized spacial score (nSPS) is 11.3. The summed E-state index contributed by atoms with van der Waals surface area (Å²) in [6, 6.07) is 20.0. The zero-order valence-corrected chi connectivity index (χ0v) is 18.2. The van der Waals surface area contributed by atoms with Crippen molar-refractivity contribution in [3.05, 3.63) is 76.3 Å². The molecule has 0 aliphatic heterocycles. The Morgan fingerprint density at radius 3 is 2.55 bits per heavy atom. The number of carbonyl (C=O) groups is 1. The molecule has 0 atom stereocenters. The molecule has 0 unspecified atom stereocenters. The molecular formula is C23H20Cl2N2OS. The molecule has 0 aliphatic carbocycles. The van der Waals surface area contributed by atoms with E-state index in [1.165, 1.54) is 16.4 Å². The molecule has 1 N–H and O–H groups in total. The summed E-state index contributed by atoms with van der Waals surface area (Å²) in [6.07, 6.45) is 0. The summed E-state index contributed by atoms with van der Waals surface area (Å²) in [5.41, 5.74) is 4.26. The van der Waals surface area contributed by atoms with Gasteiger partial charge in [0.05, 0.1) is 15.8 Å². The van der Waals surface area contributed by atoms with Gasteiger partial charge in [0.1, 0.15) is 0 Å². The Morgan fingerprint density at radius 1 is 0.966 bits per heavy atom. The van der Waals surface area contributed by atoms with E-state index in [-0.39, 0.29) is 5.91 Å². The van der Waals surface area contributed by atoms with Crippen LogP contribution >= 0.6 is 35.0 Å². The van der Waals surface area contributed by atoms with Crippen LogP contribution in [0.25, 0.3) is 21.8 Å². The van der Waals surface area contributed by atoms with Crippen molar-refractivity contribution in [2.75, 3.05) is 11.1 Å². The molecule has 3 aromatic carbocycles. The van der Waals surface area contributed by atoms with E-state index in [0.717, 1.165) is 23.2 Å². The zero-order chi connectivity index (χ0) is 20.4. The summed E-state index contributed by atoms with van der Waals surface area (Å²) in [6.45, 7) is 3.05. The van der Waals surface area contributed by atoms with Crippen LogP contribution in [0, 0.1) is 0 Å². The number of aryl methyl sites for hydroxylation is 1. The monoisotopic (exact) mass is 442 g/mol. The highest BCUT2D eigenvalue weighted by atomic mass is 35.5. The van der Waals surface area contributed by atoms with Crippen LogP contribution in [0.2, 0.25) is 10.0 Å². The van der Waals surface area contributed by atoms with Gasteiger partial charge in [0.15, 0.2) is 0 Å². The smallest absolute Gasteiger partial charge is 0.234 e. The summed E-state index contributed by atoms with van der Waals surface area (Å²) in [7, 11) is 0. The second-order valence-electron chi connectivity index (χ2n) is 6.78. The third kappa shape index (κ3) is 4.25. The predicted octanol–water partition coefficient (Wildman–Crippen LogP) is 6.99. The molecule has 0 aliphatic rings. The van der Waals surface area contributed by atoms with Crippen molar-refractivity contribution in [1.82, 2.24) is 4.57 Å². The first kappa shape index (κ1) is 20.1. The van der Waals surface area contributed by atoms with Gasteiger partial charge in [-0.05, 0) is 48.9 Å². The van der Waals surface area contributed by atoms with E-state index in [4.69, 9.17) is 23.2 Å². The fraction of sp³-hybridized carbons (Fsp3) is 0.174. The van der Waals surface area contributed by atoms with E-state index >= 15 is 0 Å². The SMILES string of the molecule is CCn1c2ccccc2c2cc(NC(=O)CSCc3ccc(Cl)c(Cl)c3)ccc21. The molecule has 0 fully saturated rings. The Kier molecular flexibility index (Phi) is 6.04. The minimum absolute atomic E-state index is 0.0198. The van der Waals surface area contributed by atoms with Gasteiger partial charge in [-0.15, -0.1) is 11.8 Å². The van der Waals surface area contributed by atoms with Crippen molar-refractivity contribution in [3.63, 3.8) is 0 Å². The van der Waals surface area contributed by atoms with E-state index in [2.05, 4.69) is 47.1 Å². The number of rotatable bonds is 6. The Morgan fingerprint density at radius 2 is 1.76 bits per heavy atom. The minimum Gasteiger partial charge on any atom is -0.341 e. The van der Waals surface area contributed by atoms with Gasteiger partial charge in [0, 0.05) is 39.8 Å². The van der Waals surface area contributed by atoms with E-state index in [9.17, 15) is 4.79 Å². The van der Waals surface area contributed by atoms with Gasteiger partial charge in [0.25, 0.3) is 0 Å². The number of para-hydroxylation sites is 1. The number of thioether (sulfide) groups is 1. The Balaban J connectivity index is 1.45. The molecule has 0 radical (unpaired) electrons. The molecule has 6 heteroatoms. The number of aromatic nitrogens is 1. The third-order valence-corrected chi connectivity index (χ3v) is 6.60. The number of nitrogens with zero attached hydrogens (tertiary/aromatic N) is 1. The van der Waals surface area contributed by atoms with Gasteiger partial charge in [-0.2, -0.15) is 0 Å². The average Bonchev–Trinajstić information content (AvgIpc) is 3.04. The molecule has 1 aromatic heterocycles. The van der Waals surface area contributed by atoms with Crippen LogP contribution < -0.4 is 5.32 Å². The maximum absolute atomic E-state index is 12.4. The molecule has 0 bridgehead atoms. The van der Waals surface area contributed by atoms with Crippen LogP contribution in [0.3, 0.4) is 0 Å². The Hall–Kier alpha value is -2.14. The minimum atomic E-state index is -0.0198. The first-order valence-electron chi connectivity index (χ1n) is 9.39. The molecule has 4 aromatic rings. The van der Waals surface area contributed by atoms with E-state index in [1.807, 2.05) is 24.3 Å². The fourth-order valence-electron chi connectivity index (χ4n) is 3.56. The zero-order valence-electron chi connectivity index (χ0n) is 15.9. The van der Waals surface area contributed by atoms with Gasteiger partial charge in [-0.1, -0.05) is 47.5 Å². The van der Waals surface area contributed by atoms with Crippen molar-refractivity contribution in [3.8, 4) is 0 Å². The van der Waals surface area contributed by atoms with Crippen molar-refractivity contribution < 1.29 is 4.79 Å². The molecule has 0 spiro atoms. The van der Waals surface area contributed by atoms with Crippen LogP contribution in [-0.2, 0) is 17.1 Å². The van der Waals surface area contributed by atoms with E-state index < -0.39 is 0 Å². The molecule has 0 saturated heterocycles.